The molecule has 0 saturated carbocycles. The van der Waals surface area contributed by atoms with Gasteiger partial charge in [-0.05, 0) is 30.3 Å². The van der Waals surface area contributed by atoms with Crippen LogP contribution in [0.15, 0.2) is 41.7 Å². The third-order valence-corrected chi connectivity index (χ3v) is 3.26. The van der Waals surface area contributed by atoms with Gasteiger partial charge in [-0.15, -0.1) is 0 Å². The number of rotatable bonds is 5. The van der Waals surface area contributed by atoms with Crippen LogP contribution in [0.25, 0.3) is 11.3 Å². The topological polar surface area (TPSA) is 61.0 Å². The average Bonchev–Trinajstić information content (AvgIpc) is 2.45. The fraction of sp³-hybridized carbons (Fsp3) is 0.231. The predicted molar refractivity (Wildman–Crippen MR) is 73.8 cm³/mol. The minimum atomic E-state index is 0.626. The molecule has 5 heteroatoms. The van der Waals surface area contributed by atoms with Crippen LogP contribution in [0.2, 0.25) is 0 Å². The van der Waals surface area contributed by atoms with Crippen molar-refractivity contribution < 1.29 is 4.74 Å². The van der Waals surface area contributed by atoms with Crippen molar-refractivity contribution in [1.29, 1.82) is 0 Å². The van der Waals surface area contributed by atoms with Crippen LogP contribution >= 0.6 is 11.8 Å². The molecule has 0 aliphatic heterocycles. The molecule has 1 heterocycles. The van der Waals surface area contributed by atoms with Crippen LogP contribution in [0.3, 0.4) is 0 Å². The Morgan fingerprint density at radius 1 is 1.22 bits per heavy atom. The summed E-state index contributed by atoms with van der Waals surface area (Å²) in [7, 11) is 1.65. The molecule has 1 aromatic carbocycles. The number of hydrogen-bond acceptors (Lipinski definition) is 5. The molecule has 0 radical (unpaired) electrons. The lowest BCUT2D eigenvalue weighted by atomic mass is 10.1. The molecule has 18 heavy (non-hydrogen) atoms. The van der Waals surface area contributed by atoms with Crippen LogP contribution in [0, 0.1) is 0 Å². The zero-order valence-electron chi connectivity index (χ0n) is 10.2. The number of methoxy groups -OCH3 is 1. The zero-order chi connectivity index (χ0) is 12.8. The molecule has 0 fully saturated rings. The fourth-order valence-corrected chi connectivity index (χ4v) is 2.08. The second-order valence-corrected chi connectivity index (χ2v) is 4.65. The van der Waals surface area contributed by atoms with Gasteiger partial charge in [0.25, 0.3) is 0 Å². The second kappa shape index (κ2) is 6.37. The van der Waals surface area contributed by atoms with E-state index in [0.29, 0.717) is 6.54 Å². The Labute approximate surface area is 111 Å². The summed E-state index contributed by atoms with van der Waals surface area (Å²) >= 11 is 1.56. The zero-order valence-corrected chi connectivity index (χ0v) is 11.0. The van der Waals surface area contributed by atoms with E-state index in [0.717, 1.165) is 27.9 Å². The lowest BCUT2D eigenvalue weighted by Crippen LogP contribution is -2.02. The molecule has 0 unspecified atom stereocenters. The van der Waals surface area contributed by atoms with Gasteiger partial charge in [-0.2, -0.15) is 0 Å². The quantitative estimate of drug-likeness (QED) is 0.660. The second-order valence-electron chi connectivity index (χ2n) is 3.59. The molecule has 2 N–H and O–H groups in total. The van der Waals surface area contributed by atoms with Gasteiger partial charge in [0.05, 0.1) is 12.8 Å². The maximum Gasteiger partial charge on any atom is 0.188 e. The van der Waals surface area contributed by atoms with Gasteiger partial charge in [-0.1, -0.05) is 11.8 Å². The first-order chi connectivity index (χ1) is 8.83. The van der Waals surface area contributed by atoms with Gasteiger partial charge in [0, 0.05) is 24.1 Å². The van der Waals surface area contributed by atoms with Crippen molar-refractivity contribution in [2.45, 2.75) is 5.16 Å². The summed E-state index contributed by atoms with van der Waals surface area (Å²) in [5.74, 6) is 1.66. The molecule has 2 aromatic rings. The van der Waals surface area contributed by atoms with E-state index >= 15 is 0 Å². The van der Waals surface area contributed by atoms with E-state index in [1.807, 2.05) is 30.3 Å². The highest BCUT2D eigenvalue weighted by molar-refractivity contribution is 7.99. The highest BCUT2D eigenvalue weighted by Crippen LogP contribution is 2.22. The summed E-state index contributed by atoms with van der Waals surface area (Å²) in [6, 6.07) is 9.71. The Bertz CT molecular complexity index is 502. The highest BCUT2D eigenvalue weighted by Gasteiger charge is 2.03. The van der Waals surface area contributed by atoms with Gasteiger partial charge < -0.3 is 10.5 Å². The third-order valence-electron chi connectivity index (χ3n) is 2.37. The number of nitrogens with two attached hydrogens (primary N) is 1. The van der Waals surface area contributed by atoms with E-state index in [4.69, 9.17) is 10.5 Å². The van der Waals surface area contributed by atoms with Crippen molar-refractivity contribution in [1.82, 2.24) is 9.97 Å². The van der Waals surface area contributed by atoms with Crippen molar-refractivity contribution in [3.05, 3.63) is 36.5 Å². The SMILES string of the molecule is COc1ccc(-c2ccnc(SCCN)n2)cc1. The highest BCUT2D eigenvalue weighted by atomic mass is 32.2. The molecule has 0 amide bonds. The molecule has 2 rings (SSSR count). The van der Waals surface area contributed by atoms with Crippen LogP contribution in [0.1, 0.15) is 0 Å². The van der Waals surface area contributed by atoms with Gasteiger partial charge in [0.1, 0.15) is 5.75 Å². The first kappa shape index (κ1) is 12.9. The Morgan fingerprint density at radius 2 is 2.00 bits per heavy atom. The van der Waals surface area contributed by atoms with E-state index in [9.17, 15) is 0 Å². The summed E-state index contributed by atoms with van der Waals surface area (Å²) in [6.45, 7) is 0.626. The number of aromatic nitrogens is 2. The molecule has 1 aromatic heterocycles. The summed E-state index contributed by atoms with van der Waals surface area (Å²) < 4.78 is 5.13. The molecule has 0 saturated heterocycles. The average molecular weight is 261 g/mol. The van der Waals surface area contributed by atoms with Crippen LogP contribution in [0.5, 0.6) is 5.75 Å². The van der Waals surface area contributed by atoms with Gasteiger partial charge in [0.15, 0.2) is 5.16 Å². The maximum atomic E-state index is 5.47. The van der Waals surface area contributed by atoms with Gasteiger partial charge in [-0.25, -0.2) is 9.97 Å². The van der Waals surface area contributed by atoms with Crippen LogP contribution in [0.4, 0.5) is 0 Å². The summed E-state index contributed by atoms with van der Waals surface area (Å²) in [4.78, 5) is 8.70. The predicted octanol–water partition coefficient (Wildman–Crippen LogP) is 2.20. The van der Waals surface area contributed by atoms with Crippen molar-refractivity contribution in [2.75, 3.05) is 19.4 Å². The summed E-state index contributed by atoms with van der Waals surface area (Å²) in [5, 5.41) is 0.758. The standard InChI is InChI=1S/C13H15N3OS/c1-17-11-4-2-10(3-5-11)12-6-8-15-13(16-12)18-9-7-14/h2-6,8H,7,9,14H2,1H3. The fourth-order valence-electron chi connectivity index (χ4n) is 1.48. The monoisotopic (exact) mass is 261 g/mol. The normalized spacial score (nSPS) is 10.3. The summed E-state index contributed by atoms with van der Waals surface area (Å²) in [6.07, 6.45) is 1.77. The van der Waals surface area contributed by atoms with E-state index in [2.05, 4.69) is 9.97 Å². The van der Waals surface area contributed by atoms with Crippen molar-refractivity contribution >= 4 is 11.8 Å². The Kier molecular flexibility index (Phi) is 4.55. The van der Waals surface area contributed by atoms with Crippen molar-refractivity contribution in [2.24, 2.45) is 5.73 Å². The molecule has 0 spiro atoms. The molecular weight excluding hydrogens is 246 g/mol. The Hall–Kier alpha value is -1.59. The molecule has 0 bridgehead atoms. The maximum absolute atomic E-state index is 5.47. The lowest BCUT2D eigenvalue weighted by Gasteiger charge is -2.04. The molecule has 0 aliphatic rings. The largest absolute Gasteiger partial charge is 0.497 e. The van der Waals surface area contributed by atoms with E-state index in [-0.39, 0.29) is 0 Å². The molecular formula is C13H15N3OS. The first-order valence-corrected chi connectivity index (χ1v) is 6.62. The smallest absolute Gasteiger partial charge is 0.188 e. The molecule has 4 nitrogen and oxygen atoms in total. The first-order valence-electron chi connectivity index (χ1n) is 5.64. The van der Waals surface area contributed by atoms with Crippen molar-refractivity contribution in [3.8, 4) is 17.0 Å². The Morgan fingerprint density at radius 3 is 2.67 bits per heavy atom. The van der Waals surface area contributed by atoms with Crippen LogP contribution < -0.4 is 10.5 Å². The van der Waals surface area contributed by atoms with E-state index < -0.39 is 0 Å². The minimum Gasteiger partial charge on any atom is -0.497 e. The third kappa shape index (κ3) is 3.21. The van der Waals surface area contributed by atoms with Crippen molar-refractivity contribution in [3.63, 3.8) is 0 Å². The molecule has 0 aliphatic carbocycles. The minimum absolute atomic E-state index is 0.626. The number of benzene rings is 1. The van der Waals surface area contributed by atoms with Gasteiger partial charge >= 0.3 is 0 Å². The van der Waals surface area contributed by atoms with E-state index in [1.54, 1.807) is 25.1 Å². The van der Waals surface area contributed by atoms with Crippen LogP contribution in [-0.2, 0) is 0 Å². The number of ether oxygens (including phenoxy) is 1. The van der Waals surface area contributed by atoms with Gasteiger partial charge in [0.2, 0.25) is 0 Å². The molecule has 94 valence electrons. The number of nitrogens with zero attached hydrogens (tertiary/aromatic N) is 2. The Balaban J connectivity index is 2.20. The van der Waals surface area contributed by atoms with Crippen LogP contribution in [-0.4, -0.2) is 29.4 Å². The van der Waals surface area contributed by atoms with E-state index in [1.165, 1.54) is 0 Å². The molecule has 0 atom stereocenters. The lowest BCUT2D eigenvalue weighted by molar-refractivity contribution is 0.415. The number of thioether (sulfide) groups is 1. The van der Waals surface area contributed by atoms with Gasteiger partial charge in [-0.3, -0.25) is 0 Å². The summed E-state index contributed by atoms with van der Waals surface area (Å²) in [5.41, 5.74) is 7.43. The number of hydrogen-bond donors (Lipinski definition) is 1.